The molecule has 0 bridgehead atoms. The Morgan fingerprint density at radius 2 is 0.550 bits per heavy atom. The Kier molecular flexibility index (Phi) is 69.1. The Morgan fingerprint density at radius 1 is 0.290 bits per heavy atom. The van der Waals surface area contributed by atoms with Crippen LogP contribution in [0.3, 0.4) is 0 Å². The van der Waals surface area contributed by atoms with Gasteiger partial charge in [-0.3, -0.25) is 37.3 Å². The largest absolute Gasteiger partial charge is 0.472 e. The molecule has 0 aliphatic heterocycles. The number of phosphoric ester groups is 2. The molecule has 0 fully saturated rings. The molecule has 17 nitrogen and oxygen atoms in total. The number of hydrogen-bond donors (Lipinski definition) is 3. The summed E-state index contributed by atoms with van der Waals surface area (Å²) in [6.07, 6.45) is 80.4. The molecule has 3 N–H and O–H groups in total. The molecule has 572 valence electrons. The topological polar surface area (TPSA) is 237 Å². The number of esters is 4. The van der Waals surface area contributed by atoms with Gasteiger partial charge in [0.15, 0.2) is 12.2 Å². The van der Waals surface area contributed by atoms with Crippen molar-refractivity contribution >= 4 is 39.5 Å². The fourth-order valence-electron chi connectivity index (χ4n) is 9.68. The van der Waals surface area contributed by atoms with Crippen LogP contribution in [0.1, 0.15) is 297 Å². The Bertz CT molecular complexity index is 2420. The third-order valence-corrected chi connectivity index (χ3v) is 17.5. The predicted molar refractivity (Wildman–Crippen MR) is 408 cm³/mol. The van der Waals surface area contributed by atoms with E-state index in [0.717, 1.165) is 167 Å². The Labute approximate surface area is 605 Å². The van der Waals surface area contributed by atoms with Crippen LogP contribution in [0.5, 0.6) is 0 Å². The van der Waals surface area contributed by atoms with Gasteiger partial charge in [-0.2, -0.15) is 0 Å². The quantitative estimate of drug-likeness (QED) is 0.0169. The van der Waals surface area contributed by atoms with Gasteiger partial charge in [0.05, 0.1) is 26.4 Å². The van der Waals surface area contributed by atoms with Crippen molar-refractivity contribution in [2.45, 2.75) is 316 Å². The number of unbranched alkanes of at least 4 members (excludes halogenated alkanes) is 23. The molecule has 0 saturated carbocycles. The molecule has 19 heteroatoms. The summed E-state index contributed by atoms with van der Waals surface area (Å²) in [5, 5.41) is 10.6. The number of carbonyl (C=O) groups excluding carboxylic acids is 4. The number of allylic oxidation sites excluding steroid dienone is 22. The molecular weight excluding hydrogens is 1310 g/mol. The maximum absolute atomic E-state index is 13.1. The molecule has 5 unspecified atom stereocenters. The third kappa shape index (κ3) is 71.6. The average molecular weight is 1440 g/mol. The first kappa shape index (κ1) is 95.2. The molecule has 0 radical (unpaired) electrons. The molecule has 0 saturated heterocycles. The number of rotatable bonds is 71. The van der Waals surface area contributed by atoms with Crippen LogP contribution in [0.25, 0.3) is 0 Å². The minimum atomic E-state index is -5.00. The molecule has 0 aromatic carbocycles. The fraction of sp³-hybridized carbons (Fsp3) is 0.679. The lowest BCUT2D eigenvalue weighted by Crippen LogP contribution is -2.30. The highest BCUT2D eigenvalue weighted by Crippen LogP contribution is 2.45. The SMILES string of the molecule is CC/C=C\C/C=C\C/C=C\C/C=C\C/C=C\C/C=C\CCC(=O)OCC(COP(=O)(O)OCC(O)COP(=O)(O)OCC(COC(=O)CCCCCCC/C=C\CCCC)OC(=O)CCCCCCC/C=C\CCCC)OC(=O)CCCCCCCC/C=C\C/C=C\C/C=C\CCCCC. The number of hydrogen-bond acceptors (Lipinski definition) is 15. The minimum Gasteiger partial charge on any atom is -0.462 e. The maximum Gasteiger partial charge on any atom is 0.472 e. The molecule has 0 spiro atoms. The first-order chi connectivity index (χ1) is 48.7. The monoisotopic (exact) mass is 1440 g/mol. The Hall–Kier alpha value is -4.80. The van der Waals surface area contributed by atoms with Crippen LogP contribution in [0.4, 0.5) is 0 Å². The first-order valence-electron chi connectivity index (χ1n) is 38.4. The number of carbonyl (C=O) groups is 4. The van der Waals surface area contributed by atoms with Gasteiger partial charge in [-0.25, -0.2) is 9.13 Å². The van der Waals surface area contributed by atoms with Crippen molar-refractivity contribution in [2.75, 3.05) is 39.6 Å². The lowest BCUT2D eigenvalue weighted by Gasteiger charge is -2.21. The first-order valence-corrected chi connectivity index (χ1v) is 41.4. The van der Waals surface area contributed by atoms with Gasteiger partial charge < -0.3 is 33.8 Å². The second kappa shape index (κ2) is 72.5. The smallest absolute Gasteiger partial charge is 0.462 e. The van der Waals surface area contributed by atoms with Gasteiger partial charge in [0.2, 0.25) is 0 Å². The average Bonchev–Trinajstić information content (AvgIpc) is 1.06. The third-order valence-electron chi connectivity index (χ3n) is 15.6. The number of ether oxygens (including phenoxy) is 4. The van der Waals surface area contributed by atoms with Gasteiger partial charge >= 0.3 is 39.5 Å². The van der Waals surface area contributed by atoms with Gasteiger partial charge in [-0.15, -0.1) is 0 Å². The highest BCUT2D eigenvalue weighted by molar-refractivity contribution is 7.47. The van der Waals surface area contributed by atoms with E-state index in [-0.39, 0.29) is 25.7 Å². The van der Waals surface area contributed by atoms with Crippen molar-refractivity contribution in [3.8, 4) is 0 Å². The highest BCUT2D eigenvalue weighted by Gasteiger charge is 2.30. The second-order valence-corrected chi connectivity index (χ2v) is 28.1. The van der Waals surface area contributed by atoms with E-state index in [2.05, 4.69) is 143 Å². The van der Waals surface area contributed by atoms with Crippen LogP contribution in [0.2, 0.25) is 0 Å². The minimum absolute atomic E-state index is 0.0297. The summed E-state index contributed by atoms with van der Waals surface area (Å²) in [5.74, 6) is -2.31. The van der Waals surface area contributed by atoms with E-state index in [1.807, 2.05) is 18.2 Å². The fourth-order valence-corrected chi connectivity index (χ4v) is 11.3. The van der Waals surface area contributed by atoms with Gasteiger partial charge in [-0.1, -0.05) is 264 Å². The van der Waals surface area contributed by atoms with Crippen LogP contribution in [0, 0.1) is 0 Å². The zero-order chi connectivity index (χ0) is 73.2. The van der Waals surface area contributed by atoms with Crippen molar-refractivity contribution in [2.24, 2.45) is 0 Å². The summed E-state index contributed by atoms with van der Waals surface area (Å²) in [5.41, 5.74) is 0. The number of aliphatic hydroxyl groups is 1. The standard InChI is InChI=1S/C81H136O17P2/c1-5-9-13-17-21-25-29-31-33-35-37-39-41-43-47-50-54-58-62-66-79(84)92-72-77(98-81(86)68-64-60-56-52-48-44-42-40-38-36-34-32-30-26-22-18-14-10-6-2)74-96-100(89,90)94-70-75(82)69-93-99(87,88)95-73-76(97-80(85)67-63-59-55-51-46-28-24-20-16-12-8-4)71-91-78(83)65-61-57-53-49-45-27-23-19-15-11-7-3/h9,13,19-26,31-34,37-40,43,47,54,58,75-77,82H,5-8,10-12,14-18,27-30,35-36,41-42,44-46,48-53,55-57,59-74H2,1-4H3,(H,87,88)(H,89,90)/b13-9-,23-19-,24-20-,25-21-,26-22-,33-31-,34-32-,39-37-,40-38-,47-43-,58-54-. The summed E-state index contributed by atoms with van der Waals surface area (Å²) >= 11 is 0. The van der Waals surface area contributed by atoms with Crippen molar-refractivity contribution < 1.29 is 80.2 Å². The summed E-state index contributed by atoms with van der Waals surface area (Å²) in [6, 6.07) is 0. The van der Waals surface area contributed by atoms with Crippen molar-refractivity contribution in [1.29, 1.82) is 0 Å². The summed E-state index contributed by atoms with van der Waals surface area (Å²) in [6.45, 7) is 4.52. The highest BCUT2D eigenvalue weighted by atomic mass is 31.2. The van der Waals surface area contributed by atoms with E-state index in [1.165, 1.54) is 44.9 Å². The number of phosphoric acid groups is 2. The van der Waals surface area contributed by atoms with Gasteiger partial charge in [0.25, 0.3) is 0 Å². The van der Waals surface area contributed by atoms with E-state index < -0.39 is 97.5 Å². The molecule has 0 aromatic rings. The van der Waals surface area contributed by atoms with Gasteiger partial charge in [-0.05, 0) is 141 Å². The zero-order valence-corrected chi connectivity index (χ0v) is 64.1. The molecule has 0 aliphatic rings. The molecular formula is C81H136O17P2. The van der Waals surface area contributed by atoms with Gasteiger partial charge in [0, 0.05) is 25.7 Å². The summed E-state index contributed by atoms with van der Waals surface area (Å²) in [4.78, 5) is 72.8. The van der Waals surface area contributed by atoms with Crippen LogP contribution in [0.15, 0.2) is 134 Å². The number of aliphatic hydroxyl groups excluding tert-OH is 1. The molecule has 0 aromatic heterocycles. The predicted octanol–water partition coefficient (Wildman–Crippen LogP) is 22.1. The summed E-state index contributed by atoms with van der Waals surface area (Å²) in [7, 11) is -9.98. The summed E-state index contributed by atoms with van der Waals surface area (Å²) < 4.78 is 68.3. The van der Waals surface area contributed by atoms with Crippen LogP contribution < -0.4 is 0 Å². The van der Waals surface area contributed by atoms with E-state index in [1.54, 1.807) is 0 Å². The molecule has 0 aliphatic carbocycles. The normalized spacial score (nSPS) is 14.7. The van der Waals surface area contributed by atoms with E-state index >= 15 is 0 Å². The Morgan fingerprint density at radius 3 is 0.900 bits per heavy atom. The molecule has 5 atom stereocenters. The van der Waals surface area contributed by atoms with E-state index in [4.69, 9.17) is 37.0 Å². The molecule has 0 rings (SSSR count). The molecule has 100 heavy (non-hydrogen) atoms. The second-order valence-electron chi connectivity index (χ2n) is 25.2. The molecule has 0 amide bonds. The lowest BCUT2D eigenvalue weighted by atomic mass is 10.1. The van der Waals surface area contributed by atoms with Gasteiger partial charge in [0.1, 0.15) is 19.3 Å². The van der Waals surface area contributed by atoms with Crippen molar-refractivity contribution in [3.05, 3.63) is 134 Å². The Balaban J connectivity index is 5.42. The van der Waals surface area contributed by atoms with Crippen LogP contribution in [-0.4, -0.2) is 96.7 Å². The van der Waals surface area contributed by atoms with Crippen LogP contribution >= 0.6 is 15.6 Å². The van der Waals surface area contributed by atoms with Crippen molar-refractivity contribution in [1.82, 2.24) is 0 Å². The lowest BCUT2D eigenvalue weighted by molar-refractivity contribution is -0.161. The van der Waals surface area contributed by atoms with Crippen LogP contribution in [-0.2, 0) is 65.4 Å². The molecule has 0 heterocycles. The van der Waals surface area contributed by atoms with E-state index in [0.29, 0.717) is 32.1 Å². The maximum atomic E-state index is 13.1. The zero-order valence-electron chi connectivity index (χ0n) is 62.3. The van der Waals surface area contributed by atoms with Crippen molar-refractivity contribution in [3.63, 3.8) is 0 Å². The van der Waals surface area contributed by atoms with E-state index in [9.17, 15) is 43.2 Å².